The monoisotopic (exact) mass is 422 g/mol. The predicted octanol–water partition coefficient (Wildman–Crippen LogP) is 2.52. The molecule has 29 heavy (non-hydrogen) atoms. The van der Waals surface area contributed by atoms with Crippen molar-refractivity contribution in [1.29, 1.82) is 0 Å². The van der Waals surface area contributed by atoms with Crippen LogP contribution in [0.3, 0.4) is 0 Å². The molecular weight excluding hydrogens is 396 g/mol. The molecule has 1 aliphatic heterocycles. The minimum atomic E-state index is -3.83. The summed E-state index contributed by atoms with van der Waals surface area (Å²) < 4.78 is 40.3. The SMILES string of the molecule is COc1ccc(S(=O)(=O)Nc2c3c(nn2C)CCN(C(=O)OC(C)(C)C)C3)cc1. The van der Waals surface area contributed by atoms with Crippen molar-refractivity contribution in [3.63, 3.8) is 0 Å². The standard InChI is InChI=1S/C19H26N4O5S/c1-19(2,3)28-18(24)23-11-10-16-15(12-23)17(22(4)20-16)21-29(25,26)14-8-6-13(27-5)7-9-14/h6-9,21H,10-12H2,1-5H3. The zero-order valence-corrected chi connectivity index (χ0v) is 18.0. The fourth-order valence-electron chi connectivity index (χ4n) is 3.05. The molecule has 0 bridgehead atoms. The van der Waals surface area contributed by atoms with Gasteiger partial charge in [-0.3, -0.25) is 9.40 Å². The van der Waals surface area contributed by atoms with Crippen molar-refractivity contribution in [3.8, 4) is 5.75 Å². The molecule has 1 aromatic heterocycles. The van der Waals surface area contributed by atoms with Gasteiger partial charge in [-0.25, -0.2) is 13.2 Å². The number of carbonyl (C=O) groups is 1. The van der Waals surface area contributed by atoms with Crippen molar-refractivity contribution in [2.24, 2.45) is 7.05 Å². The Morgan fingerprint density at radius 3 is 2.45 bits per heavy atom. The topological polar surface area (TPSA) is 103 Å². The van der Waals surface area contributed by atoms with Crippen LogP contribution >= 0.6 is 0 Å². The second-order valence-electron chi connectivity index (χ2n) is 7.83. The van der Waals surface area contributed by atoms with E-state index in [-0.39, 0.29) is 11.4 Å². The highest BCUT2D eigenvalue weighted by atomic mass is 32.2. The average Bonchev–Trinajstić information content (AvgIpc) is 2.94. The first-order chi connectivity index (χ1) is 13.5. The molecule has 0 atom stereocenters. The lowest BCUT2D eigenvalue weighted by molar-refractivity contribution is 0.0224. The summed E-state index contributed by atoms with van der Waals surface area (Å²) in [5.41, 5.74) is 0.826. The van der Waals surface area contributed by atoms with Crippen LogP contribution in [0.4, 0.5) is 10.6 Å². The fraction of sp³-hybridized carbons (Fsp3) is 0.474. The number of hydrogen-bond donors (Lipinski definition) is 1. The van der Waals surface area contributed by atoms with E-state index in [1.807, 2.05) is 0 Å². The maximum atomic E-state index is 12.8. The smallest absolute Gasteiger partial charge is 0.410 e. The van der Waals surface area contributed by atoms with Gasteiger partial charge in [-0.1, -0.05) is 0 Å². The number of benzene rings is 1. The Kier molecular flexibility index (Phi) is 5.48. The molecule has 10 heteroatoms. The summed E-state index contributed by atoms with van der Waals surface area (Å²) in [6.07, 6.45) is 0.0862. The van der Waals surface area contributed by atoms with Crippen LogP contribution in [-0.4, -0.2) is 48.4 Å². The molecular formula is C19H26N4O5S. The zero-order valence-electron chi connectivity index (χ0n) is 17.2. The normalized spacial score (nSPS) is 14.3. The molecule has 0 radical (unpaired) electrons. The van der Waals surface area contributed by atoms with Gasteiger partial charge in [0.15, 0.2) is 0 Å². The highest BCUT2D eigenvalue weighted by Crippen LogP contribution is 2.29. The molecule has 0 unspecified atom stereocenters. The van der Waals surface area contributed by atoms with Crippen LogP contribution in [0.1, 0.15) is 32.0 Å². The first kappa shape index (κ1) is 21.0. The second kappa shape index (κ2) is 7.58. The molecule has 9 nitrogen and oxygen atoms in total. The lowest BCUT2D eigenvalue weighted by Gasteiger charge is -2.29. The van der Waals surface area contributed by atoms with Gasteiger partial charge in [0.25, 0.3) is 10.0 Å². The summed E-state index contributed by atoms with van der Waals surface area (Å²) in [6.45, 7) is 6.10. The van der Waals surface area contributed by atoms with Crippen molar-refractivity contribution >= 4 is 21.9 Å². The predicted molar refractivity (Wildman–Crippen MR) is 107 cm³/mol. The number of hydrogen-bond acceptors (Lipinski definition) is 6. The van der Waals surface area contributed by atoms with Crippen LogP contribution in [-0.2, 0) is 34.8 Å². The first-order valence-electron chi connectivity index (χ1n) is 9.20. The minimum Gasteiger partial charge on any atom is -0.497 e. The maximum absolute atomic E-state index is 12.8. The molecule has 0 spiro atoms. The van der Waals surface area contributed by atoms with E-state index in [1.54, 1.807) is 44.9 Å². The number of aryl methyl sites for hydroxylation is 1. The molecule has 1 aromatic carbocycles. The van der Waals surface area contributed by atoms with Crippen molar-refractivity contribution in [2.45, 2.75) is 44.2 Å². The number of amides is 1. The number of anilines is 1. The van der Waals surface area contributed by atoms with Gasteiger partial charge in [0.2, 0.25) is 0 Å². The lowest BCUT2D eigenvalue weighted by atomic mass is 10.1. The molecule has 1 amide bonds. The first-order valence-corrected chi connectivity index (χ1v) is 10.7. The van der Waals surface area contributed by atoms with E-state index >= 15 is 0 Å². The third-order valence-corrected chi connectivity index (χ3v) is 5.80. The van der Waals surface area contributed by atoms with Crippen molar-refractivity contribution in [1.82, 2.24) is 14.7 Å². The Hall–Kier alpha value is -2.75. The Morgan fingerprint density at radius 1 is 1.21 bits per heavy atom. The lowest BCUT2D eigenvalue weighted by Crippen LogP contribution is -2.40. The summed E-state index contributed by atoms with van der Waals surface area (Å²) >= 11 is 0. The fourth-order valence-corrected chi connectivity index (χ4v) is 4.17. The van der Waals surface area contributed by atoms with Gasteiger partial charge < -0.3 is 14.4 Å². The van der Waals surface area contributed by atoms with E-state index < -0.39 is 21.7 Å². The van der Waals surface area contributed by atoms with Crippen molar-refractivity contribution in [2.75, 3.05) is 18.4 Å². The average molecular weight is 423 g/mol. The van der Waals surface area contributed by atoms with Gasteiger partial charge >= 0.3 is 6.09 Å². The number of ether oxygens (including phenoxy) is 2. The third kappa shape index (κ3) is 4.64. The Labute approximate surface area is 170 Å². The maximum Gasteiger partial charge on any atom is 0.410 e. The highest BCUT2D eigenvalue weighted by molar-refractivity contribution is 7.92. The third-order valence-electron chi connectivity index (χ3n) is 4.45. The van der Waals surface area contributed by atoms with Crippen LogP contribution in [0, 0.1) is 0 Å². The molecule has 2 heterocycles. The van der Waals surface area contributed by atoms with Crippen LogP contribution in [0.2, 0.25) is 0 Å². The largest absolute Gasteiger partial charge is 0.497 e. The number of methoxy groups -OCH3 is 1. The summed E-state index contributed by atoms with van der Waals surface area (Å²) in [4.78, 5) is 14.1. The van der Waals surface area contributed by atoms with Crippen LogP contribution in [0.15, 0.2) is 29.2 Å². The summed E-state index contributed by atoms with van der Waals surface area (Å²) in [7, 11) is -0.649. The van der Waals surface area contributed by atoms with Gasteiger partial charge in [-0.15, -0.1) is 0 Å². The van der Waals surface area contributed by atoms with E-state index in [4.69, 9.17) is 9.47 Å². The van der Waals surface area contributed by atoms with E-state index in [0.717, 1.165) is 5.69 Å². The van der Waals surface area contributed by atoms with E-state index in [1.165, 1.54) is 23.9 Å². The van der Waals surface area contributed by atoms with Crippen LogP contribution in [0.25, 0.3) is 0 Å². The van der Waals surface area contributed by atoms with Crippen LogP contribution in [0.5, 0.6) is 5.75 Å². The van der Waals surface area contributed by atoms with Crippen LogP contribution < -0.4 is 9.46 Å². The molecule has 0 aliphatic carbocycles. The number of aromatic nitrogens is 2. The number of nitrogens with zero attached hydrogens (tertiary/aromatic N) is 3. The van der Waals surface area contributed by atoms with Gasteiger partial charge in [0.05, 0.1) is 24.2 Å². The van der Waals surface area contributed by atoms with E-state index in [2.05, 4.69) is 9.82 Å². The van der Waals surface area contributed by atoms with Gasteiger partial charge in [0, 0.05) is 25.6 Å². The molecule has 2 aromatic rings. The molecule has 0 fully saturated rings. The summed E-state index contributed by atoms with van der Waals surface area (Å²) in [5.74, 6) is 0.902. The van der Waals surface area contributed by atoms with Gasteiger partial charge in [-0.05, 0) is 45.0 Å². The molecule has 0 saturated heterocycles. The number of carbonyl (C=O) groups excluding carboxylic acids is 1. The van der Waals surface area contributed by atoms with Gasteiger partial charge in [0.1, 0.15) is 17.2 Å². The quantitative estimate of drug-likeness (QED) is 0.812. The summed E-state index contributed by atoms with van der Waals surface area (Å²) in [6, 6.07) is 6.10. The highest BCUT2D eigenvalue weighted by Gasteiger charge is 2.31. The molecule has 1 N–H and O–H groups in total. The molecule has 158 valence electrons. The van der Waals surface area contributed by atoms with E-state index in [0.29, 0.717) is 30.1 Å². The number of nitrogens with one attached hydrogen (secondary N) is 1. The van der Waals surface area contributed by atoms with E-state index in [9.17, 15) is 13.2 Å². The van der Waals surface area contributed by atoms with Crippen molar-refractivity contribution in [3.05, 3.63) is 35.5 Å². The molecule has 3 rings (SSSR count). The Bertz CT molecular complexity index is 1010. The summed E-state index contributed by atoms with van der Waals surface area (Å²) in [5, 5.41) is 4.42. The van der Waals surface area contributed by atoms with Crippen molar-refractivity contribution < 1.29 is 22.7 Å². The Balaban J connectivity index is 1.85. The second-order valence-corrected chi connectivity index (χ2v) is 9.51. The minimum absolute atomic E-state index is 0.105. The number of sulfonamides is 1. The number of rotatable bonds is 4. The van der Waals surface area contributed by atoms with Gasteiger partial charge in [-0.2, -0.15) is 5.10 Å². The molecule has 1 aliphatic rings. The molecule has 0 saturated carbocycles. The zero-order chi connectivity index (χ0) is 21.4. The number of fused-ring (bicyclic) bond motifs is 1. The Morgan fingerprint density at radius 2 is 1.86 bits per heavy atom.